The van der Waals surface area contributed by atoms with Crippen LogP contribution in [-0.4, -0.2) is 29.1 Å². The van der Waals surface area contributed by atoms with Crippen LogP contribution in [0.3, 0.4) is 0 Å². The third-order valence-corrected chi connectivity index (χ3v) is 2.06. The molecule has 5 heteroatoms. The van der Waals surface area contributed by atoms with Gasteiger partial charge in [-0.05, 0) is 13.8 Å². The molecule has 0 saturated heterocycles. The Hall–Kier alpha value is -1.57. The molecule has 0 aromatic carbocycles. The lowest BCUT2D eigenvalue weighted by Gasteiger charge is -2.25. The summed E-state index contributed by atoms with van der Waals surface area (Å²) in [5.74, 6) is -0.767. The number of ether oxygens (including phenoxy) is 1. The van der Waals surface area contributed by atoms with Crippen LogP contribution in [0.25, 0.3) is 0 Å². The SMILES string of the molecule is COC(=O)/C(=[N+](/[O-])C(C)(C)C)C(C)(C)C#N. The Bertz CT molecular complexity index is 356. The Morgan fingerprint density at radius 1 is 1.31 bits per heavy atom. The van der Waals surface area contributed by atoms with Gasteiger partial charge in [0.2, 0.25) is 0 Å². The van der Waals surface area contributed by atoms with Crippen LogP contribution in [0.1, 0.15) is 34.6 Å². The molecule has 0 aliphatic rings. The molecule has 0 rings (SSSR count). The molecule has 0 radical (unpaired) electrons. The van der Waals surface area contributed by atoms with E-state index >= 15 is 0 Å². The summed E-state index contributed by atoms with van der Waals surface area (Å²) < 4.78 is 5.09. The van der Waals surface area contributed by atoms with Crippen molar-refractivity contribution in [3.63, 3.8) is 0 Å². The molecule has 0 aromatic heterocycles. The third kappa shape index (κ3) is 2.96. The second kappa shape index (κ2) is 4.52. The highest BCUT2D eigenvalue weighted by Crippen LogP contribution is 2.20. The average molecular weight is 226 g/mol. The van der Waals surface area contributed by atoms with Crippen LogP contribution in [-0.2, 0) is 9.53 Å². The molecule has 0 spiro atoms. The fraction of sp³-hybridized carbons (Fsp3) is 0.727. The number of hydrogen-bond donors (Lipinski definition) is 0. The smallest absolute Gasteiger partial charge is 0.401 e. The van der Waals surface area contributed by atoms with Crippen molar-refractivity contribution in [3.05, 3.63) is 5.21 Å². The van der Waals surface area contributed by atoms with Gasteiger partial charge in [-0.15, -0.1) is 0 Å². The summed E-state index contributed by atoms with van der Waals surface area (Å²) in [7, 11) is 1.19. The molecular formula is C11H18N2O3. The van der Waals surface area contributed by atoms with E-state index < -0.39 is 16.9 Å². The zero-order chi connectivity index (χ0) is 13.1. The predicted octanol–water partition coefficient (Wildman–Crippen LogP) is 1.46. The minimum atomic E-state index is -1.18. The van der Waals surface area contributed by atoms with E-state index in [1.54, 1.807) is 20.8 Å². The predicted molar refractivity (Wildman–Crippen MR) is 59.8 cm³/mol. The van der Waals surface area contributed by atoms with E-state index in [9.17, 15) is 10.0 Å². The molecule has 0 aromatic rings. The highest BCUT2D eigenvalue weighted by atomic mass is 16.5. The normalized spacial score (nSPS) is 13.8. The fourth-order valence-corrected chi connectivity index (χ4v) is 1.08. The summed E-state index contributed by atoms with van der Waals surface area (Å²) in [6.45, 7) is 8.01. The molecule has 0 fully saturated rings. The average Bonchev–Trinajstić information content (AvgIpc) is 2.15. The Balaban J connectivity index is 5.82. The number of carbonyl (C=O) groups is 1. The number of nitriles is 1. The number of carbonyl (C=O) groups excluding carboxylic acids is 1. The number of esters is 1. The van der Waals surface area contributed by atoms with Gasteiger partial charge in [0.1, 0.15) is 5.41 Å². The van der Waals surface area contributed by atoms with Gasteiger partial charge in [-0.2, -0.15) is 10.0 Å². The van der Waals surface area contributed by atoms with Gasteiger partial charge in [0.05, 0.1) is 13.2 Å². The molecule has 0 atom stereocenters. The van der Waals surface area contributed by atoms with Crippen LogP contribution in [0.15, 0.2) is 0 Å². The topological polar surface area (TPSA) is 76.2 Å². The van der Waals surface area contributed by atoms with Crippen LogP contribution in [0.2, 0.25) is 0 Å². The Labute approximate surface area is 95.9 Å². The van der Waals surface area contributed by atoms with Gasteiger partial charge in [0.15, 0.2) is 5.54 Å². The van der Waals surface area contributed by atoms with Crippen LogP contribution in [0.5, 0.6) is 0 Å². The van der Waals surface area contributed by atoms with Crippen molar-refractivity contribution in [2.24, 2.45) is 5.41 Å². The van der Waals surface area contributed by atoms with E-state index in [0.717, 1.165) is 0 Å². The molecule has 0 amide bonds. The van der Waals surface area contributed by atoms with Gasteiger partial charge in [-0.3, -0.25) is 0 Å². The number of nitrogens with zero attached hydrogens (tertiary/aromatic N) is 2. The van der Waals surface area contributed by atoms with Gasteiger partial charge in [0, 0.05) is 20.8 Å². The first-order valence-electron chi connectivity index (χ1n) is 4.92. The highest BCUT2D eigenvalue weighted by molar-refractivity contribution is 6.36. The Morgan fingerprint density at radius 2 is 1.75 bits per heavy atom. The molecule has 5 nitrogen and oxygen atoms in total. The molecule has 0 N–H and O–H groups in total. The van der Waals surface area contributed by atoms with E-state index in [-0.39, 0.29) is 5.71 Å². The molecule has 0 aliphatic carbocycles. The van der Waals surface area contributed by atoms with Crippen molar-refractivity contribution in [1.82, 2.24) is 0 Å². The lowest BCUT2D eigenvalue weighted by molar-refractivity contribution is -0.537. The minimum Gasteiger partial charge on any atom is -0.623 e. The second-order valence-corrected chi connectivity index (χ2v) is 5.04. The quantitative estimate of drug-likeness (QED) is 0.235. The Morgan fingerprint density at radius 3 is 2.00 bits per heavy atom. The van der Waals surface area contributed by atoms with E-state index in [1.165, 1.54) is 21.0 Å². The van der Waals surface area contributed by atoms with Gasteiger partial charge in [0.25, 0.3) is 5.71 Å². The minimum absolute atomic E-state index is 0.176. The zero-order valence-corrected chi connectivity index (χ0v) is 10.6. The Kier molecular flexibility index (Phi) is 4.07. The van der Waals surface area contributed by atoms with Crippen LogP contribution in [0.4, 0.5) is 0 Å². The summed E-state index contributed by atoms with van der Waals surface area (Å²) in [5.41, 5.74) is -2.15. The third-order valence-electron chi connectivity index (χ3n) is 2.06. The van der Waals surface area contributed by atoms with E-state index in [4.69, 9.17) is 5.26 Å². The summed E-state index contributed by atoms with van der Waals surface area (Å²) in [6.07, 6.45) is 0. The molecule has 0 bridgehead atoms. The second-order valence-electron chi connectivity index (χ2n) is 5.04. The van der Waals surface area contributed by atoms with Gasteiger partial charge < -0.3 is 9.94 Å². The standard InChI is InChI=1S/C11H18N2O3/c1-10(2,3)13(15)8(9(14)16-6)11(4,5)7-12/h1-6H3/b13-8-. The van der Waals surface area contributed by atoms with Crippen LogP contribution in [0, 0.1) is 22.0 Å². The molecular weight excluding hydrogens is 208 g/mol. The largest absolute Gasteiger partial charge is 0.623 e. The molecule has 16 heavy (non-hydrogen) atoms. The van der Waals surface area contributed by atoms with Gasteiger partial charge in [-0.25, -0.2) is 4.79 Å². The van der Waals surface area contributed by atoms with Crippen molar-refractivity contribution >= 4 is 11.7 Å². The highest BCUT2D eigenvalue weighted by Gasteiger charge is 2.42. The zero-order valence-electron chi connectivity index (χ0n) is 10.6. The summed E-state index contributed by atoms with van der Waals surface area (Å²) >= 11 is 0. The van der Waals surface area contributed by atoms with Crippen molar-refractivity contribution < 1.29 is 14.3 Å². The maximum Gasteiger partial charge on any atom is 0.401 e. The summed E-state index contributed by atoms with van der Waals surface area (Å²) in [6, 6.07) is 1.93. The fourth-order valence-electron chi connectivity index (χ4n) is 1.08. The van der Waals surface area contributed by atoms with Gasteiger partial charge >= 0.3 is 5.97 Å². The first-order valence-corrected chi connectivity index (χ1v) is 4.92. The number of hydrogen-bond acceptors (Lipinski definition) is 4. The van der Waals surface area contributed by atoms with Crippen molar-refractivity contribution in [1.29, 1.82) is 5.26 Å². The lowest BCUT2D eigenvalue weighted by Crippen LogP contribution is -2.44. The van der Waals surface area contributed by atoms with Crippen molar-refractivity contribution in [2.75, 3.05) is 7.11 Å². The number of hydroxylamine groups is 1. The van der Waals surface area contributed by atoms with Crippen molar-refractivity contribution in [3.8, 4) is 6.07 Å². The monoisotopic (exact) mass is 226 g/mol. The first kappa shape index (κ1) is 14.4. The molecule has 0 saturated carbocycles. The van der Waals surface area contributed by atoms with E-state index in [2.05, 4.69) is 4.74 Å². The molecule has 0 heterocycles. The number of methoxy groups -OCH3 is 1. The van der Waals surface area contributed by atoms with Crippen LogP contribution < -0.4 is 0 Å². The molecule has 90 valence electrons. The summed E-state index contributed by atoms with van der Waals surface area (Å²) in [5, 5.41) is 21.0. The lowest BCUT2D eigenvalue weighted by atomic mass is 9.88. The van der Waals surface area contributed by atoms with E-state index in [1.807, 2.05) is 6.07 Å². The maximum atomic E-state index is 12.0. The maximum absolute atomic E-state index is 12.0. The van der Waals surface area contributed by atoms with Gasteiger partial charge in [-0.1, -0.05) is 0 Å². The molecule has 0 aliphatic heterocycles. The van der Waals surface area contributed by atoms with Crippen molar-refractivity contribution in [2.45, 2.75) is 40.2 Å². The first-order chi connectivity index (χ1) is 7.07. The van der Waals surface area contributed by atoms with E-state index in [0.29, 0.717) is 4.74 Å². The molecule has 0 unspecified atom stereocenters. The number of rotatable bonds is 2. The van der Waals surface area contributed by atoms with Crippen LogP contribution >= 0.6 is 0 Å². The summed E-state index contributed by atoms with van der Waals surface area (Å²) in [4.78, 5) is 11.6.